The van der Waals surface area contributed by atoms with Gasteiger partial charge in [-0.25, -0.2) is 9.97 Å². The molecule has 0 unspecified atom stereocenters. The van der Waals surface area contributed by atoms with Gasteiger partial charge in [-0.2, -0.15) is 0 Å². The van der Waals surface area contributed by atoms with Gasteiger partial charge in [-0.05, 0) is 82.6 Å². The Morgan fingerprint density at radius 1 is 0.459 bits per heavy atom. The Kier molecular flexibility index (Phi) is 5.88. The van der Waals surface area contributed by atoms with Crippen molar-refractivity contribution in [1.29, 1.82) is 0 Å². The van der Waals surface area contributed by atoms with Gasteiger partial charge in [-0.3, -0.25) is 0 Å². The van der Waals surface area contributed by atoms with Crippen LogP contribution >= 0.6 is 0 Å². The van der Waals surface area contributed by atoms with Gasteiger partial charge in [0, 0.05) is 34.6 Å². The number of rotatable bonds is 6. The van der Waals surface area contributed by atoms with E-state index in [9.17, 15) is 0 Å². The van der Waals surface area contributed by atoms with Crippen molar-refractivity contribution in [1.82, 2.24) is 9.97 Å². The first-order valence-corrected chi connectivity index (χ1v) is 13.1. The molecule has 0 saturated carbocycles. The highest BCUT2D eigenvalue weighted by molar-refractivity contribution is 6.08. The molecule has 0 amide bonds. The van der Waals surface area contributed by atoms with Gasteiger partial charge < -0.3 is 10.6 Å². The zero-order valence-electron chi connectivity index (χ0n) is 21.9. The first-order chi connectivity index (χ1) is 18.0. The number of aryl methyl sites for hydroxylation is 4. The number of anilines is 2. The van der Waals surface area contributed by atoms with Gasteiger partial charge in [0.05, 0.1) is 33.4 Å². The average Bonchev–Trinajstić information content (AvgIpc) is 2.88. The first kappa shape index (κ1) is 23.2. The summed E-state index contributed by atoms with van der Waals surface area (Å²) in [5.41, 5.74) is 11.5. The largest absolute Gasteiger partial charge is 0.384 e. The van der Waals surface area contributed by atoms with Gasteiger partial charge in [-0.15, -0.1) is 0 Å². The second-order valence-electron chi connectivity index (χ2n) is 10.3. The Morgan fingerprint density at radius 2 is 0.757 bits per heavy atom. The van der Waals surface area contributed by atoms with Crippen molar-refractivity contribution in [3.63, 3.8) is 0 Å². The van der Waals surface area contributed by atoms with E-state index in [0.717, 1.165) is 41.6 Å². The Labute approximate surface area is 217 Å². The summed E-state index contributed by atoms with van der Waals surface area (Å²) in [5, 5.41) is 12.3. The molecule has 0 saturated heterocycles. The van der Waals surface area contributed by atoms with Crippen LogP contribution in [0.1, 0.15) is 28.7 Å². The maximum Gasteiger partial charge on any atom is 0.0730 e. The van der Waals surface area contributed by atoms with E-state index >= 15 is 0 Å². The highest BCUT2D eigenvalue weighted by Crippen LogP contribution is 2.33. The Morgan fingerprint density at radius 3 is 1.05 bits per heavy atom. The smallest absolute Gasteiger partial charge is 0.0730 e. The van der Waals surface area contributed by atoms with Gasteiger partial charge in [-0.1, -0.05) is 46.5 Å². The molecular formula is C33H32N4. The quantitative estimate of drug-likeness (QED) is 0.185. The summed E-state index contributed by atoms with van der Waals surface area (Å²) in [6.07, 6.45) is 0.978. The van der Waals surface area contributed by atoms with Gasteiger partial charge in [0.15, 0.2) is 0 Å². The van der Waals surface area contributed by atoms with Crippen molar-refractivity contribution in [3.05, 3.63) is 95.1 Å². The van der Waals surface area contributed by atoms with Crippen LogP contribution in [0.4, 0.5) is 11.4 Å². The van der Waals surface area contributed by atoms with Crippen LogP contribution in [-0.2, 0) is 0 Å². The fourth-order valence-corrected chi connectivity index (χ4v) is 5.24. The maximum absolute atomic E-state index is 4.92. The van der Waals surface area contributed by atoms with Crippen molar-refractivity contribution >= 4 is 55.0 Å². The van der Waals surface area contributed by atoms with E-state index in [1.807, 2.05) is 0 Å². The molecule has 184 valence electrons. The predicted molar refractivity (Wildman–Crippen MR) is 159 cm³/mol. The van der Waals surface area contributed by atoms with Crippen LogP contribution in [0.3, 0.4) is 0 Å². The van der Waals surface area contributed by atoms with Gasteiger partial charge in [0.2, 0.25) is 0 Å². The molecule has 2 aromatic heterocycles. The molecule has 6 aromatic rings. The Balaban J connectivity index is 1.28. The first-order valence-electron chi connectivity index (χ1n) is 13.1. The summed E-state index contributed by atoms with van der Waals surface area (Å²) >= 11 is 0. The highest BCUT2D eigenvalue weighted by Gasteiger charge is 2.12. The third kappa shape index (κ3) is 4.44. The summed E-state index contributed by atoms with van der Waals surface area (Å²) in [4.78, 5) is 9.84. The molecular weight excluding hydrogens is 452 g/mol. The van der Waals surface area contributed by atoms with Crippen molar-refractivity contribution < 1.29 is 0 Å². The van der Waals surface area contributed by atoms with Crippen LogP contribution in [0.25, 0.3) is 43.6 Å². The third-order valence-corrected chi connectivity index (χ3v) is 7.12. The van der Waals surface area contributed by atoms with Crippen molar-refractivity contribution in [2.75, 3.05) is 23.7 Å². The second kappa shape index (κ2) is 9.36. The zero-order chi connectivity index (χ0) is 25.5. The molecule has 0 aliphatic heterocycles. The lowest BCUT2D eigenvalue weighted by molar-refractivity contribution is 0.913. The normalized spacial score (nSPS) is 11.6. The standard InChI is InChI=1S/C33H32N4/c1-20-6-10-28-24(16-20)32(25-17-21(2)7-11-29(25)36-28)34-14-5-15-35-33-26-18-22(3)8-12-30(26)37-31-13-9-23(4)19-27(31)33/h6-13,16-19H,5,14-15H2,1-4H3,(H,34,36)(H,35,37). The van der Waals surface area contributed by atoms with Crippen LogP contribution in [0.5, 0.6) is 0 Å². The molecule has 37 heavy (non-hydrogen) atoms. The maximum atomic E-state index is 4.92. The lowest BCUT2D eigenvalue weighted by atomic mass is 10.0. The molecule has 4 nitrogen and oxygen atoms in total. The minimum Gasteiger partial charge on any atom is -0.384 e. The van der Waals surface area contributed by atoms with Gasteiger partial charge in [0.1, 0.15) is 0 Å². The van der Waals surface area contributed by atoms with E-state index in [-0.39, 0.29) is 0 Å². The number of benzene rings is 4. The van der Waals surface area contributed by atoms with E-state index in [2.05, 4.69) is 111 Å². The average molecular weight is 485 g/mol. The fourth-order valence-electron chi connectivity index (χ4n) is 5.24. The van der Waals surface area contributed by atoms with Crippen LogP contribution < -0.4 is 10.6 Å². The third-order valence-electron chi connectivity index (χ3n) is 7.12. The van der Waals surface area contributed by atoms with Crippen molar-refractivity contribution in [3.8, 4) is 0 Å². The van der Waals surface area contributed by atoms with E-state index in [1.54, 1.807) is 0 Å². The molecule has 0 fully saturated rings. The number of nitrogens with zero attached hydrogens (tertiary/aromatic N) is 2. The number of hydrogen-bond acceptors (Lipinski definition) is 4. The van der Waals surface area contributed by atoms with Crippen molar-refractivity contribution in [2.45, 2.75) is 34.1 Å². The molecule has 0 spiro atoms. The molecule has 0 aliphatic rings. The van der Waals surface area contributed by atoms with E-state index in [4.69, 9.17) is 9.97 Å². The topological polar surface area (TPSA) is 49.8 Å². The lowest BCUT2D eigenvalue weighted by Gasteiger charge is -2.16. The van der Waals surface area contributed by atoms with Crippen LogP contribution in [0.15, 0.2) is 72.8 Å². The minimum atomic E-state index is 0.863. The van der Waals surface area contributed by atoms with Crippen molar-refractivity contribution in [2.24, 2.45) is 0 Å². The second-order valence-corrected chi connectivity index (χ2v) is 10.3. The highest BCUT2D eigenvalue weighted by atomic mass is 14.9. The monoisotopic (exact) mass is 484 g/mol. The van der Waals surface area contributed by atoms with Crippen LogP contribution in [0.2, 0.25) is 0 Å². The molecule has 4 heteroatoms. The summed E-state index contributed by atoms with van der Waals surface area (Å²) in [5.74, 6) is 0. The molecule has 0 atom stereocenters. The summed E-state index contributed by atoms with van der Waals surface area (Å²) in [6.45, 7) is 10.3. The molecule has 0 aliphatic carbocycles. The SMILES string of the molecule is Cc1ccc2nc3ccc(C)cc3c(NCCCNc3c4cc(C)ccc4nc4ccc(C)cc34)c2c1. The van der Waals surface area contributed by atoms with Gasteiger partial charge >= 0.3 is 0 Å². The summed E-state index contributed by atoms with van der Waals surface area (Å²) in [7, 11) is 0. The molecule has 0 bridgehead atoms. The lowest BCUT2D eigenvalue weighted by Crippen LogP contribution is -2.10. The number of pyridine rings is 2. The van der Waals surface area contributed by atoms with Gasteiger partial charge in [0.25, 0.3) is 0 Å². The minimum absolute atomic E-state index is 0.863. The van der Waals surface area contributed by atoms with E-state index in [1.165, 1.54) is 55.2 Å². The fraction of sp³-hybridized carbons (Fsp3) is 0.212. The Bertz CT molecular complexity index is 1550. The molecule has 0 radical (unpaired) electrons. The number of nitrogens with one attached hydrogen (secondary N) is 2. The predicted octanol–water partition coefficient (Wildman–Crippen LogP) is 8.24. The number of fused-ring (bicyclic) bond motifs is 4. The van der Waals surface area contributed by atoms with E-state index < -0.39 is 0 Å². The molecule has 2 N–H and O–H groups in total. The summed E-state index contributed by atoms with van der Waals surface area (Å²) < 4.78 is 0. The summed E-state index contributed by atoms with van der Waals surface area (Å²) in [6, 6.07) is 26.0. The number of aromatic nitrogens is 2. The van der Waals surface area contributed by atoms with Crippen LogP contribution in [0, 0.1) is 27.7 Å². The molecule has 6 rings (SSSR count). The molecule has 4 aromatic carbocycles. The van der Waals surface area contributed by atoms with Crippen LogP contribution in [-0.4, -0.2) is 23.1 Å². The number of hydrogen-bond donors (Lipinski definition) is 2. The van der Waals surface area contributed by atoms with E-state index in [0.29, 0.717) is 0 Å². The molecule has 2 heterocycles. The Hall–Kier alpha value is -4.18. The zero-order valence-corrected chi connectivity index (χ0v) is 21.9.